The molecule has 0 aliphatic rings. The van der Waals surface area contributed by atoms with Crippen LogP contribution in [0.15, 0.2) is 0 Å². The molecule has 0 bridgehead atoms. The lowest BCUT2D eigenvalue weighted by molar-refractivity contribution is -0.631. The van der Waals surface area contributed by atoms with Gasteiger partial charge >= 0.3 is 0 Å². The van der Waals surface area contributed by atoms with Crippen molar-refractivity contribution in [3.63, 3.8) is 0 Å². The molecule has 152 valence electrons. The van der Waals surface area contributed by atoms with Crippen LogP contribution in [0.25, 0.3) is 0 Å². The zero-order valence-electron chi connectivity index (χ0n) is 17.0. The van der Waals surface area contributed by atoms with E-state index in [1.807, 2.05) is 10.1 Å². The van der Waals surface area contributed by atoms with Crippen molar-refractivity contribution in [3.05, 3.63) is 0 Å². The van der Waals surface area contributed by atoms with Gasteiger partial charge in [-0.2, -0.15) is 10.1 Å². The standard InChI is InChI=1S/C16H36N2O3.C2H4O2/c1-5-9-13-17(14-10-6-2)19-21-20-18(15-11-7-3)16-12-8-4;1-2(3)4/h5-16H2,1-4H3;1H3,(H,3,4). The molecule has 0 saturated heterocycles. The van der Waals surface area contributed by atoms with Crippen molar-refractivity contribution in [3.8, 4) is 0 Å². The summed E-state index contributed by atoms with van der Waals surface area (Å²) in [5.41, 5.74) is 0. The molecule has 0 unspecified atom stereocenters. The highest BCUT2D eigenvalue weighted by Crippen LogP contribution is 2.04. The van der Waals surface area contributed by atoms with Gasteiger partial charge in [0.25, 0.3) is 5.97 Å². The van der Waals surface area contributed by atoms with Crippen LogP contribution in [-0.4, -0.2) is 47.4 Å². The second-order valence-electron chi connectivity index (χ2n) is 6.01. The van der Waals surface area contributed by atoms with Crippen LogP contribution in [-0.2, 0) is 19.8 Å². The molecule has 0 aliphatic carbocycles. The highest BCUT2D eigenvalue weighted by Gasteiger charge is 2.10. The minimum Gasteiger partial charge on any atom is -0.481 e. The molecule has 0 aromatic carbocycles. The summed E-state index contributed by atoms with van der Waals surface area (Å²) >= 11 is 0. The topological polar surface area (TPSA) is 71.5 Å². The Labute approximate surface area is 154 Å². The number of unbranched alkanes of at least 4 members (excludes halogenated alkanes) is 4. The molecule has 7 nitrogen and oxygen atoms in total. The van der Waals surface area contributed by atoms with Gasteiger partial charge in [-0.1, -0.05) is 53.4 Å². The summed E-state index contributed by atoms with van der Waals surface area (Å²) in [5, 5.41) is 16.1. The average molecular weight is 365 g/mol. The number of nitrogens with zero attached hydrogens (tertiary/aromatic N) is 2. The van der Waals surface area contributed by atoms with Crippen molar-refractivity contribution in [2.24, 2.45) is 0 Å². The number of carbonyl (C=O) groups is 1. The highest BCUT2D eigenvalue weighted by molar-refractivity contribution is 5.62. The fourth-order valence-electron chi connectivity index (χ4n) is 1.81. The Bertz CT molecular complexity index is 240. The second kappa shape index (κ2) is 21.3. The molecule has 0 heterocycles. The molecule has 0 fully saturated rings. The van der Waals surface area contributed by atoms with Crippen molar-refractivity contribution in [2.45, 2.75) is 86.0 Å². The number of carboxylic acid groups (broad SMARTS) is 1. The first-order chi connectivity index (χ1) is 12.0. The molecule has 0 amide bonds. The maximum Gasteiger partial charge on any atom is 0.300 e. The number of carboxylic acids is 1. The quantitative estimate of drug-likeness (QED) is 0.317. The predicted octanol–water partition coefficient (Wildman–Crippen LogP) is 4.59. The Morgan fingerprint density at radius 3 is 1.16 bits per heavy atom. The SMILES string of the molecule is CC(=O)O.CCCCN(CCCC)OOON(CCCC)CCCC. The van der Waals surface area contributed by atoms with Crippen LogP contribution in [0.3, 0.4) is 0 Å². The minimum atomic E-state index is -0.833. The van der Waals surface area contributed by atoms with Crippen LogP contribution in [0.5, 0.6) is 0 Å². The molecule has 0 atom stereocenters. The number of hydrogen-bond acceptors (Lipinski definition) is 6. The monoisotopic (exact) mass is 364 g/mol. The van der Waals surface area contributed by atoms with Gasteiger partial charge in [-0.05, 0) is 30.7 Å². The summed E-state index contributed by atoms with van der Waals surface area (Å²) in [6, 6.07) is 0. The Balaban J connectivity index is 0. The lowest BCUT2D eigenvalue weighted by Crippen LogP contribution is -2.31. The molecule has 0 rings (SSSR count). The fraction of sp³-hybridized carbons (Fsp3) is 0.944. The van der Waals surface area contributed by atoms with Crippen LogP contribution in [0, 0.1) is 0 Å². The zero-order chi connectivity index (χ0) is 19.3. The molecule has 0 radical (unpaired) electrons. The summed E-state index contributed by atoms with van der Waals surface area (Å²) in [5.74, 6) is -0.833. The van der Waals surface area contributed by atoms with Gasteiger partial charge in [0.05, 0.1) is 0 Å². The van der Waals surface area contributed by atoms with Gasteiger partial charge in [-0.15, -0.1) is 9.98 Å². The largest absolute Gasteiger partial charge is 0.481 e. The number of aliphatic carboxylic acids is 1. The third-order valence-corrected chi connectivity index (χ3v) is 3.32. The second-order valence-corrected chi connectivity index (χ2v) is 6.01. The molecule has 0 aliphatic heterocycles. The fourth-order valence-corrected chi connectivity index (χ4v) is 1.81. The van der Waals surface area contributed by atoms with Gasteiger partial charge in [-0.25, -0.2) is 0 Å². The zero-order valence-corrected chi connectivity index (χ0v) is 17.0. The third kappa shape index (κ3) is 23.3. The van der Waals surface area contributed by atoms with Crippen LogP contribution in [0.1, 0.15) is 86.0 Å². The smallest absolute Gasteiger partial charge is 0.300 e. The van der Waals surface area contributed by atoms with Crippen molar-refractivity contribution in [1.29, 1.82) is 0 Å². The van der Waals surface area contributed by atoms with Crippen molar-refractivity contribution in [2.75, 3.05) is 26.2 Å². The summed E-state index contributed by atoms with van der Waals surface area (Å²) in [6.45, 7) is 13.3. The maximum absolute atomic E-state index is 9.00. The van der Waals surface area contributed by atoms with E-state index in [0.717, 1.165) is 84.5 Å². The molecule has 25 heavy (non-hydrogen) atoms. The first kappa shape index (κ1) is 26.5. The van der Waals surface area contributed by atoms with Crippen molar-refractivity contribution >= 4 is 5.97 Å². The molecule has 7 heteroatoms. The van der Waals surface area contributed by atoms with E-state index in [2.05, 4.69) is 27.7 Å². The Hall–Kier alpha value is -0.730. The van der Waals surface area contributed by atoms with E-state index < -0.39 is 5.97 Å². The van der Waals surface area contributed by atoms with Gasteiger partial charge < -0.3 is 5.11 Å². The molecule has 0 spiro atoms. The summed E-state index contributed by atoms with van der Waals surface area (Å²) < 4.78 is 0. The molecule has 0 aromatic heterocycles. The van der Waals surface area contributed by atoms with E-state index in [1.54, 1.807) is 0 Å². The number of rotatable bonds is 16. The molecular weight excluding hydrogens is 324 g/mol. The summed E-state index contributed by atoms with van der Waals surface area (Å²) in [6.07, 6.45) is 8.98. The highest BCUT2D eigenvalue weighted by atomic mass is 17.6. The van der Waals surface area contributed by atoms with E-state index in [0.29, 0.717) is 0 Å². The maximum atomic E-state index is 9.00. The van der Waals surface area contributed by atoms with E-state index in [-0.39, 0.29) is 0 Å². The van der Waals surface area contributed by atoms with Crippen LogP contribution < -0.4 is 0 Å². The lowest BCUT2D eigenvalue weighted by Gasteiger charge is -2.22. The number of hydroxylamine groups is 4. The van der Waals surface area contributed by atoms with Crippen LogP contribution in [0.4, 0.5) is 0 Å². The molecule has 0 saturated carbocycles. The Morgan fingerprint density at radius 1 is 0.720 bits per heavy atom. The van der Waals surface area contributed by atoms with Gasteiger partial charge in [0.15, 0.2) is 0 Å². The molecule has 0 aromatic rings. The Morgan fingerprint density at radius 2 is 0.960 bits per heavy atom. The van der Waals surface area contributed by atoms with Crippen LogP contribution >= 0.6 is 0 Å². The van der Waals surface area contributed by atoms with Gasteiger partial charge in [0.2, 0.25) is 0 Å². The van der Waals surface area contributed by atoms with E-state index in [1.165, 1.54) is 0 Å². The minimum absolute atomic E-state index is 0.833. The molecular formula is C18H40N2O5. The number of hydrogen-bond donors (Lipinski definition) is 1. The van der Waals surface area contributed by atoms with Gasteiger partial charge in [0, 0.05) is 33.1 Å². The molecule has 1 N–H and O–H groups in total. The first-order valence-corrected chi connectivity index (χ1v) is 9.72. The van der Waals surface area contributed by atoms with E-state index in [9.17, 15) is 0 Å². The normalized spacial score (nSPS) is 10.8. The van der Waals surface area contributed by atoms with Crippen molar-refractivity contribution < 1.29 is 24.9 Å². The van der Waals surface area contributed by atoms with Crippen molar-refractivity contribution in [1.82, 2.24) is 10.1 Å². The van der Waals surface area contributed by atoms with E-state index >= 15 is 0 Å². The van der Waals surface area contributed by atoms with Gasteiger partial charge in [0.1, 0.15) is 0 Å². The Kier molecular flexibility index (Phi) is 22.6. The van der Waals surface area contributed by atoms with E-state index in [4.69, 9.17) is 24.9 Å². The lowest BCUT2D eigenvalue weighted by atomic mass is 10.3. The summed E-state index contributed by atoms with van der Waals surface area (Å²) in [7, 11) is 0. The van der Waals surface area contributed by atoms with Crippen LogP contribution in [0.2, 0.25) is 0 Å². The predicted molar refractivity (Wildman–Crippen MR) is 99.3 cm³/mol. The average Bonchev–Trinajstić information content (AvgIpc) is 2.58. The summed E-state index contributed by atoms with van der Waals surface area (Å²) in [4.78, 5) is 19.6. The first-order valence-electron chi connectivity index (χ1n) is 9.72. The van der Waals surface area contributed by atoms with Gasteiger partial charge in [-0.3, -0.25) is 4.79 Å². The third-order valence-electron chi connectivity index (χ3n) is 3.32.